The van der Waals surface area contributed by atoms with Crippen LogP contribution in [0.15, 0.2) is 4.52 Å². The first-order valence-corrected chi connectivity index (χ1v) is 5.46. The molecule has 0 aliphatic carbocycles. The summed E-state index contributed by atoms with van der Waals surface area (Å²) in [5.74, 6) is 0.898. The minimum atomic E-state index is 0.761. The maximum absolute atomic E-state index is 5.36. The molecule has 15 heavy (non-hydrogen) atoms. The van der Waals surface area contributed by atoms with Crippen LogP contribution in [0.5, 0.6) is 0 Å². The van der Waals surface area contributed by atoms with Crippen molar-refractivity contribution in [3.63, 3.8) is 0 Å². The predicted molar refractivity (Wildman–Crippen MR) is 58.8 cm³/mol. The third kappa shape index (κ3) is 4.01. The molecule has 0 saturated heterocycles. The standard InChI is InChI=1S/C11H20N2O2/c1-4-6-14-7-5-12-8-11-9(2)13-15-10(11)3/h12H,4-8H2,1-3H3. The van der Waals surface area contributed by atoms with Crippen molar-refractivity contribution in [2.75, 3.05) is 19.8 Å². The number of rotatable bonds is 7. The molecule has 4 nitrogen and oxygen atoms in total. The number of aryl methyl sites for hydroxylation is 2. The van der Waals surface area contributed by atoms with Crippen molar-refractivity contribution in [3.8, 4) is 0 Å². The largest absolute Gasteiger partial charge is 0.380 e. The van der Waals surface area contributed by atoms with Gasteiger partial charge in [0.25, 0.3) is 0 Å². The van der Waals surface area contributed by atoms with Crippen molar-refractivity contribution < 1.29 is 9.26 Å². The minimum Gasteiger partial charge on any atom is -0.380 e. The molecule has 86 valence electrons. The first-order valence-electron chi connectivity index (χ1n) is 5.46. The van der Waals surface area contributed by atoms with Gasteiger partial charge in [-0.1, -0.05) is 12.1 Å². The molecule has 1 N–H and O–H groups in total. The van der Waals surface area contributed by atoms with E-state index < -0.39 is 0 Å². The van der Waals surface area contributed by atoms with Gasteiger partial charge in [0.15, 0.2) is 0 Å². The summed E-state index contributed by atoms with van der Waals surface area (Å²) >= 11 is 0. The molecule has 0 fully saturated rings. The first kappa shape index (κ1) is 12.2. The van der Waals surface area contributed by atoms with Gasteiger partial charge in [0.2, 0.25) is 0 Å². The second kappa shape index (κ2) is 6.58. The van der Waals surface area contributed by atoms with Gasteiger partial charge in [-0.3, -0.25) is 0 Å². The van der Waals surface area contributed by atoms with Crippen LogP contribution in [0.1, 0.15) is 30.4 Å². The van der Waals surface area contributed by atoms with Crippen LogP contribution in [0, 0.1) is 13.8 Å². The Hall–Kier alpha value is -0.870. The molecule has 0 aromatic carbocycles. The minimum absolute atomic E-state index is 0.761. The zero-order chi connectivity index (χ0) is 11.1. The van der Waals surface area contributed by atoms with Gasteiger partial charge in [-0.25, -0.2) is 0 Å². The van der Waals surface area contributed by atoms with E-state index in [2.05, 4.69) is 17.4 Å². The van der Waals surface area contributed by atoms with E-state index >= 15 is 0 Å². The Morgan fingerprint density at radius 2 is 2.13 bits per heavy atom. The molecule has 0 bridgehead atoms. The SMILES string of the molecule is CCCOCCNCc1c(C)noc1C. The number of hydrogen-bond donors (Lipinski definition) is 1. The van der Waals surface area contributed by atoms with Crippen molar-refractivity contribution in [3.05, 3.63) is 17.0 Å². The molecule has 1 aromatic heterocycles. The van der Waals surface area contributed by atoms with E-state index in [9.17, 15) is 0 Å². The maximum atomic E-state index is 5.36. The van der Waals surface area contributed by atoms with Gasteiger partial charge in [-0.2, -0.15) is 0 Å². The Kier molecular flexibility index (Phi) is 5.36. The number of ether oxygens (including phenoxy) is 1. The third-order valence-corrected chi connectivity index (χ3v) is 2.25. The topological polar surface area (TPSA) is 47.3 Å². The molecule has 0 radical (unpaired) electrons. The van der Waals surface area contributed by atoms with Crippen LogP contribution in [0.4, 0.5) is 0 Å². The molecule has 0 aliphatic rings. The Morgan fingerprint density at radius 3 is 2.73 bits per heavy atom. The molecule has 1 rings (SSSR count). The molecule has 0 amide bonds. The lowest BCUT2D eigenvalue weighted by Gasteiger charge is -2.04. The van der Waals surface area contributed by atoms with Gasteiger partial charge in [0.05, 0.1) is 12.3 Å². The summed E-state index contributed by atoms with van der Waals surface area (Å²) in [6, 6.07) is 0. The molecule has 0 spiro atoms. The highest BCUT2D eigenvalue weighted by Crippen LogP contribution is 2.10. The van der Waals surface area contributed by atoms with Crippen LogP contribution < -0.4 is 5.32 Å². The summed E-state index contributed by atoms with van der Waals surface area (Å²) in [6.07, 6.45) is 1.07. The van der Waals surface area contributed by atoms with Gasteiger partial charge in [0.1, 0.15) is 5.76 Å². The first-order chi connectivity index (χ1) is 7.25. The fourth-order valence-electron chi connectivity index (χ4n) is 1.36. The molecule has 4 heteroatoms. The molecule has 1 heterocycles. The smallest absolute Gasteiger partial charge is 0.138 e. The van der Waals surface area contributed by atoms with Gasteiger partial charge < -0.3 is 14.6 Å². The lowest BCUT2D eigenvalue weighted by atomic mass is 10.2. The molecule has 0 saturated carbocycles. The average Bonchev–Trinajstić information content (AvgIpc) is 2.54. The summed E-state index contributed by atoms with van der Waals surface area (Å²) in [6.45, 7) is 9.27. The number of nitrogens with zero attached hydrogens (tertiary/aromatic N) is 1. The van der Waals surface area contributed by atoms with E-state index in [1.54, 1.807) is 0 Å². The van der Waals surface area contributed by atoms with Crippen molar-refractivity contribution in [1.82, 2.24) is 10.5 Å². The van der Waals surface area contributed by atoms with E-state index in [0.29, 0.717) is 0 Å². The van der Waals surface area contributed by atoms with Crippen LogP contribution in [-0.4, -0.2) is 24.9 Å². The number of hydrogen-bond acceptors (Lipinski definition) is 4. The third-order valence-electron chi connectivity index (χ3n) is 2.25. The lowest BCUT2D eigenvalue weighted by molar-refractivity contribution is 0.136. The van der Waals surface area contributed by atoms with E-state index in [1.165, 1.54) is 0 Å². The fraction of sp³-hybridized carbons (Fsp3) is 0.727. The summed E-state index contributed by atoms with van der Waals surface area (Å²) < 4.78 is 10.4. The van der Waals surface area contributed by atoms with Crippen molar-refractivity contribution in [2.24, 2.45) is 0 Å². The monoisotopic (exact) mass is 212 g/mol. The molecular weight excluding hydrogens is 192 g/mol. The maximum Gasteiger partial charge on any atom is 0.138 e. The Balaban J connectivity index is 2.15. The van der Waals surface area contributed by atoms with Crippen LogP contribution in [0.25, 0.3) is 0 Å². The lowest BCUT2D eigenvalue weighted by Crippen LogP contribution is -2.20. The van der Waals surface area contributed by atoms with Crippen LogP contribution >= 0.6 is 0 Å². The van der Waals surface area contributed by atoms with Crippen molar-refractivity contribution >= 4 is 0 Å². The highest BCUT2D eigenvalue weighted by Gasteiger charge is 2.07. The molecular formula is C11H20N2O2. The molecule has 0 aliphatic heterocycles. The zero-order valence-corrected chi connectivity index (χ0v) is 9.80. The van der Waals surface area contributed by atoms with Crippen LogP contribution in [-0.2, 0) is 11.3 Å². The predicted octanol–water partition coefficient (Wildman–Crippen LogP) is 1.81. The summed E-state index contributed by atoms with van der Waals surface area (Å²) in [7, 11) is 0. The van der Waals surface area contributed by atoms with Gasteiger partial charge in [0, 0.05) is 25.3 Å². The van der Waals surface area contributed by atoms with Crippen LogP contribution in [0.3, 0.4) is 0 Å². The van der Waals surface area contributed by atoms with Gasteiger partial charge >= 0.3 is 0 Å². The number of aromatic nitrogens is 1. The number of nitrogens with one attached hydrogen (secondary N) is 1. The highest BCUT2D eigenvalue weighted by molar-refractivity contribution is 5.20. The zero-order valence-electron chi connectivity index (χ0n) is 9.80. The second-order valence-corrected chi connectivity index (χ2v) is 3.59. The van der Waals surface area contributed by atoms with Crippen molar-refractivity contribution in [2.45, 2.75) is 33.7 Å². The molecule has 0 atom stereocenters. The fourth-order valence-corrected chi connectivity index (χ4v) is 1.36. The normalized spacial score (nSPS) is 10.9. The average molecular weight is 212 g/mol. The summed E-state index contributed by atoms with van der Waals surface area (Å²) in [4.78, 5) is 0. The Labute approximate surface area is 91.0 Å². The van der Waals surface area contributed by atoms with E-state index in [4.69, 9.17) is 9.26 Å². The van der Waals surface area contributed by atoms with Gasteiger partial charge in [-0.15, -0.1) is 0 Å². The quantitative estimate of drug-likeness (QED) is 0.700. The molecule has 1 aromatic rings. The van der Waals surface area contributed by atoms with E-state index in [-0.39, 0.29) is 0 Å². The Bertz CT molecular complexity index is 265. The van der Waals surface area contributed by atoms with Crippen LogP contribution in [0.2, 0.25) is 0 Å². The van der Waals surface area contributed by atoms with E-state index in [1.807, 2.05) is 13.8 Å². The highest BCUT2D eigenvalue weighted by atomic mass is 16.5. The van der Waals surface area contributed by atoms with E-state index in [0.717, 1.165) is 49.7 Å². The molecule has 0 unspecified atom stereocenters. The second-order valence-electron chi connectivity index (χ2n) is 3.59. The van der Waals surface area contributed by atoms with Gasteiger partial charge in [-0.05, 0) is 20.3 Å². The summed E-state index contributed by atoms with van der Waals surface area (Å²) in [5, 5.41) is 7.20. The Morgan fingerprint density at radius 1 is 1.33 bits per heavy atom. The summed E-state index contributed by atoms with van der Waals surface area (Å²) in [5.41, 5.74) is 2.12. The van der Waals surface area contributed by atoms with Crippen molar-refractivity contribution in [1.29, 1.82) is 0 Å².